The van der Waals surface area contributed by atoms with Crippen molar-refractivity contribution in [2.75, 3.05) is 19.4 Å². The van der Waals surface area contributed by atoms with E-state index in [4.69, 9.17) is 0 Å². The van der Waals surface area contributed by atoms with E-state index in [1.807, 2.05) is 24.3 Å². The summed E-state index contributed by atoms with van der Waals surface area (Å²) in [5, 5.41) is 14.9. The third-order valence-electron chi connectivity index (χ3n) is 4.35. The van der Waals surface area contributed by atoms with E-state index < -0.39 is 11.0 Å². The zero-order valence-electron chi connectivity index (χ0n) is 17.5. The molecule has 2 aromatic carbocycles. The largest absolute Gasteiger partial charge is 0.322 e. The highest BCUT2D eigenvalue weighted by Gasteiger charge is 2.18. The SMILES string of the molecule is CC(C)c1ccc(NC(=O)c2cc(S(=O)N(C)C)ccc2Sc2nnnn2C)cc1. The molecule has 1 atom stereocenters. The number of amides is 1. The Morgan fingerprint density at radius 2 is 1.87 bits per heavy atom. The molecule has 1 unspecified atom stereocenters. The van der Waals surface area contributed by atoms with Crippen molar-refractivity contribution in [3.63, 3.8) is 0 Å². The van der Waals surface area contributed by atoms with E-state index in [1.54, 1.807) is 43.6 Å². The number of nitrogens with zero attached hydrogens (tertiary/aromatic N) is 5. The van der Waals surface area contributed by atoms with Crippen LogP contribution in [0.25, 0.3) is 0 Å². The number of nitrogens with one attached hydrogen (secondary N) is 1. The van der Waals surface area contributed by atoms with Crippen LogP contribution in [-0.2, 0) is 18.0 Å². The van der Waals surface area contributed by atoms with Crippen molar-refractivity contribution >= 4 is 34.3 Å². The van der Waals surface area contributed by atoms with Gasteiger partial charge in [0.1, 0.15) is 11.0 Å². The number of aryl methyl sites for hydroxylation is 1. The summed E-state index contributed by atoms with van der Waals surface area (Å²) in [7, 11) is 3.80. The Labute approximate surface area is 182 Å². The number of carbonyl (C=O) groups is 1. The minimum atomic E-state index is -1.37. The van der Waals surface area contributed by atoms with Crippen LogP contribution in [0.4, 0.5) is 5.69 Å². The zero-order chi connectivity index (χ0) is 21.8. The second-order valence-corrected chi connectivity index (χ2v) is 9.85. The molecule has 0 bridgehead atoms. The molecule has 30 heavy (non-hydrogen) atoms. The van der Waals surface area contributed by atoms with Crippen molar-refractivity contribution < 1.29 is 9.00 Å². The summed E-state index contributed by atoms with van der Waals surface area (Å²) < 4.78 is 15.6. The number of aromatic nitrogens is 4. The Hall–Kier alpha value is -2.56. The van der Waals surface area contributed by atoms with Gasteiger partial charge >= 0.3 is 0 Å². The molecule has 8 nitrogen and oxygen atoms in total. The van der Waals surface area contributed by atoms with Gasteiger partial charge < -0.3 is 5.32 Å². The van der Waals surface area contributed by atoms with Gasteiger partial charge in [0.05, 0.1) is 10.5 Å². The molecule has 0 saturated heterocycles. The van der Waals surface area contributed by atoms with Crippen LogP contribution in [0.5, 0.6) is 0 Å². The van der Waals surface area contributed by atoms with Gasteiger partial charge in [-0.2, -0.15) is 0 Å². The molecule has 1 amide bonds. The quantitative estimate of drug-likeness (QED) is 0.601. The lowest BCUT2D eigenvalue weighted by Gasteiger charge is -2.14. The molecule has 0 aliphatic rings. The summed E-state index contributed by atoms with van der Waals surface area (Å²) in [6, 6.07) is 12.9. The highest BCUT2D eigenvalue weighted by atomic mass is 32.2. The molecule has 158 valence electrons. The molecule has 10 heteroatoms. The van der Waals surface area contributed by atoms with E-state index in [-0.39, 0.29) is 5.91 Å². The van der Waals surface area contributed by atoms with Gasteiger partial charge in [0.15, 0.2) is 0 Å². The van der Waals surface area contributed by atoms with Crippen LogP contribution in [0.1, 0.15) is 35.7 Å². The fourth-order valence-electron chi connectivity index (χ4n) is 2.65. The number of rotatable bonds is 7. The van der Waals surface area contributed by atoms with E-state index in [0.29, 0.717) is 32.1 Å². The highest BCUT2D eigenvalue weighted by Crippen LogP contribution is 2.31. The maximum atomic E-state index is 13.1. The number of anilines is 1. The molecule has 3 aromatic rings. The number of hydrogen-bond acceptors (Lipinski definition) is 6. The average Bonchev–Trinajstić information content (AvgIpc) is 3.12. The summed E-state index contributed by atoms with van der Waals surface area (Å²) in [6.07, 6.45) is 0. The van der Waals surface area contributed by atoms with Crippen LogP contribution in [0.15, 0.2) is 57.4 Å². The molecular weight excluding hydrogens is 420 g/mol. The third-order valence-corrected chi connectivity index (χ3v) is 6.77. The molecular formula is C20H24N6O2S2. The fraction of sp³-hybridized carbons (Fsp3) is 0.300. The number of tetrazole rings is 1. The van der Waals surface area contributed by atoms with Gasteiger partial charge in [-0.05, 0) is 78.1 Å². The first-order chi connectivity index (χ1) is 14.3. The van der Waals surface area contributed by atoms with Crippen LogP contribution in [0, 0.1) is 0 Å². The lowest BCUT2D eigenvalue weighted by Crippen LogP contribution is -2.17. The Bertz CT molecular complexity index is 1060. The Morgan fingerprint density at radius 3 is 2.43 bits per heavy atom. The summed E-state index contributed by atoms with van der Waals surface area (Å²) in [5.74, 6) is 0.123. The van der Waals surface area contributed by atoms with E-state index >= 15 is 0 Å². The van der Waals surface area contributed by atoms with Crippen LogP contribution in [-0.4, -0.2) is 48.7 Å². The maximum Gasteiger partial charge on any atom is 0.256 e. The van der Waals surface area contributed by atoms with Gasteiger partial charge in [-0.15, -0.1) is 5.10 Å². The molecule has 1 N–H and O–H groups in total. The first-order valence-corrected chi connectivity index (χ1v) is 11.2. The van der Waals surface area contributed by atoms with E-state index in [2.05, 4.69) is 34.7 Å². The van der Waals surface area contributed by atoms with E-state index in [9.17, 15) is 9.00 Å². The van der Waals surface area contributed by atoms with E-state index in [0.717, 1.165) is 0 Å². The van der Waals surface area contributed by atoms with Gasteiger partial charge in [0.2, 0.25) is 5.16 Å². The topological polar surface area (TPSA) is 93.0 Å². The number of benzene rings is 2. The van der Waals surface area contributed by atoms with Crippen LogP contribution in [0.2, 0.25) is 0 Å². The highest BCUT2D eigenvalue weighted by molar-refractivity contribution is 7.99. The van der Waals surface area contributed by atoms with Crippen LogP contribution < -0.4 is 5.32 Å². The lowest BCUT2D eigenvalue weighted by atomic mass is 10.0. The number of carbonyl (C=O) groups excluding carboxylic acids is 1. The molecule has 0 aliphatic carbocycles. The maximum absolute atomic E-state index is 13.1. The minimum Gasteiger partial charge on any atom is -0.322 e. The van der Waals surface area contributed by atoms with Crippen molar-refractivity contribution in [3.8, 4) is 0 Å². The normalized spacial score (nSPS) is 12.4. The predicted molar refractivity (Wildman–Crippen MR) is 118 cm³/mol. The monoisotopic (exact) mass is 444 g/mol. The van der Waals surface area contributed by atoms with Gasteiger partial charge in [0, 0.05) is 17.6 Å². The predicted octanol–water partition coefficient (Wildman–Crippen LogP) is 3.32. The third kappa shape index (κ3) is 5.13. The summed E-state index contributed by atoms with van der Waals surface area (Å²) in [5.41, 5.74) is 2.30. The van der Waals surface area contributed by atoms with Crippen LogP contribution in [0.3, 0.4) is 0 Å². The van der Waals surface area contributed by atoms with Gasteiger partial charge in [-0.25, -0.2) is 13.2 Å². The Kier molecular flexibility index (Phi) is 7.01. The lowest BCUT2D eigenvalue weighted by molar-refractivity contribution is 0.102. The minimum absolute atomic E-state index is 0.289. The molecule has 1 aromatic heterocycles. The average molecular weight is 445 g/mol. The zero-order valence-corrected chi connectivity index (χ0v) is 19.1. The van der Waals surface area contributed by atoms with Crippen molar-refractivity contribution in [1.82, 2.24) is 24.5 Å². The molecule has 0 aliphatic heterocycles. The summed E-state index contributed by atoms with van der Waals surface area (Å²) >= 11 is 1.28. The molecule has 1 heterocycles. The second kappa shape index (κ2) is 9.50. The summed E-state index contributed by atoms with van der Waals surface area (Å²) in [4.78, 5) is 14.3. The van der Waals surface area contributed by atoms with Crippen molar-refractivity contribution in [2.45, 2.75) is 34.7 Å². The van der Waals surface area contributed by atoms with Gasteiger partial charge in [0.25, 0.3) is 5.91 Å². The van der Waals surface area contributed by atoms with E-state index in [1.165, 1.54) is 22.0 Å². The molecule has 0 fully saturated rings. The smallest absolute Gasteiger partial charge is 0.256 e. The van der Waals surface area contributed by atoms with Crippen molar-refractivity contribution in [2.24, 2.45) is 7.05 Å². The Morgan fingerprint density at radius 1 is 1.17 bits per heavy atom. The first-order valence-electron chi connectivity index (χ1n) is 9.31. The second-order valence-electron chi connectivity index (χ2n) is 7.14. The standard InChI is InChI=1S/C20H24N6O2S2/c1-13(2)14-6-8-15(9-7-14)21-19(27)17-12-16(30(28)25(3)4)10-11-18(17)29-20-22-23-24-26(20)5/h6-13H,1-5H3,(H,21,27). The number of hydrogen-bond donors (Lipinski definition) is 1. The van der Waals surface area contributed by atoms with Crippen LogP contribution >= 0.6 is 11.8 Å². The molecule has 0 saturated carbocycles. The molecule has 3 rings (SSSR count). The van der Waals surface area contributed by atoms with Gasteiger partial charge in [-0.1, -0.05) is 26.0 Å². The fourth-order valence-corrected chi connectivity index (χ4v) is 4.32. The Balaban J connectivity index is 1.93. The van der Waals surface area contributed by atoms with Crippen molar-refractivity contribution in [3.05, 3.63) is 53.6 Å². The molecule has 0 radical (unpaired) electrons. The van der Waals surface area contributed by atoms with Gasteiger partial charge in [-0.3, -0.25) is 4.79 Å². The molecule has 0 spiro atoms. The summed E-state index contributed by atoms with van der Waals surface area (Å²) in [6.45, 7) is 4.24. The van der Waals surface area contributed by atoms with Crippen molar-refractivity contribution in [1.29, 1.82) is 0 Å². The first kappa shape index (κ1) is 22.1.